The van der Waals surface area contributed by atoms with Crippen molar-refractivity contribution in [3.05, 3.63) is 307 Å². The van der Waals surface area contributed by atoms with E-state index < -0.39 is 0 Å². The Morgan fingerprint density at radius 3 is 1.30 bits per heavy atom. The second-order valence-corrected chi connectivity index (χ2v) is 19.5. The van der Waals surface area contributed by atoms with Gasteiger partial charge in [0.2, 0.25) is 0 Å². The first kappa shape index (κ1) is 49.0. The molecule has 0 atom stereocenters. The number of benzene rings is 11. The first-order chi connectivity index (χ1) is 40.0. The van der Waals surface area contributed by atoms with Crippen molar-refractivity contribution in [1.82, 2.24) is 14.5 Å². The molecule has 0 radical (unpaired) electrons. The number of para-hydroxylation sites is 6. The Hall–Kier alpha value is -11.6. The Labute approximate surface area is 469 Å². The molecule has 11 aromatic carbocycles. The van der Waals surface area contributed by atoms with E-state index in [1.165, 1.54) is 0 Å². The number of nitriles is 1. The van der Waals surface area contributed by atoms with E-state index in [-0.39, 0.29) is 0 Å². The van der Waals surface area contributed by atoms with Gasteiger partial charge in [-0.05, 0) is 131 Å². The van der Waals surface area contributed by atoms with Crippen LogP contribution in [0.15, 0.2) is 279 Å². The summed E-state index contributed by atoms with van der Waals surface area (Å²) in [7, 11) is 0. The van der Waals surface area contributed by atoms with Crippen LogP contribution in [0.4, 0.5) is 45.5 Å². The summed E-state index contributed by atoms with van der Waals surface area (Å²) < 4.78 is 2.35. The maximum atomic E-state index is 10.7. The van der Waals surface area contributed by atoms with Gasteiger partial charge in [-0.1, -0.05) is 170 Å². The SMILES string of the molecule is [C-]#[N+]c1ccccc1-c1cc(-c2ccc(-c3ccc(-c4ccc(-n5c6ccc(N(c7ccccc7)c7ccccc7)cc6c6cc(N(c7ccccc7)c7ccccc7)ccc65)cc4)cc3C#N)cc2)nc(-c2ccccc2[N+]#[C-])n1. The Morgan fingerprint density at radius 2 is 0.790 bits per heavy atom. The molecule has 2 aromatic heterocycles. The normalized spacial score (nSPS) is 10.9. The van der Waals surface area contributed by atoms with E-state index in [0.29, 0.717) is 45.3 Å². The molecule has 13 rings (SSSR count). The molecule has 8 nitrogen and oxygen atoms in total. The van der Waals surface area contributed by atoms with Gasteiger partial charge in [0, 0.05) is 67.3 Å². The Kier molecular flexibility index (Phi) is 12.9. The Bertz CT molecular complexity index is 4300. The third-order valence-electron chi connectivity index (χ3n) is 14.7. The van der Waals surface area contributed by atoms with Crippen molar-refractivity contribution in [3.63, 3.8) is 0 Å². The lowest BCUT2D eigenvalue weighted by Crippen LogP contribution is -2.09. The van der Waals surface area contributed by atoms with Crippen LogP contribution in [-0.2, 0) is 0 Å². The first-order valence-corrected chi connectivity index (χ1v) is 26.5. The molecule has 8 heteroatoms. The van der Waals surface area contributed by atoms with Crippen LogP contribution in [-0.4, -0.2) is 14.5 Å². The molecule has 0 saturated carbocycles. The Balaban J connectivity index is 0.864. The molecule has 0 spiro atoms. The van der Waals surface area contributed by atoms with Crippen molar-refractivity contribution in [3.8, 4) is 67.9 Å². The minimum absolute atomic E-state index is 0.399. The van der Waals surface area contributed by atoms with Gasteiger partial charge in [0.1, 0.15) is 5.82 Å². The van der Waals surface area contributed by atoms with Crippen LogP contribution in [0.25, 0.3) is 93.3 Å². The van der Waals surface area contributed by atoms with Gasteiger partial charge in [-0.2, -0.15) is 5.26 Å². The van der Waals surface area contributed by atoms with E-state index in [1.807, 2.05) is 78.9 Å². The fourth-order valence-corrected chi connectivity index (χ4v) is 10.9. The quantitative estimate of drug-likeness (QED) is 0.114. The zero-order valence-corrected chi connectivity index (χ0v) is 43.6. The standard InChI is InChI=1S/C73H46N8/c1-75-67-29-17-15-27-63(67)70-48-69(77-73(78-70)64-28-16-18-30-68(64)76-2)52-33-31-51(32-34-52)62-42-37-53(45-54(62)49-74)50-35-38-59(39-36-50)81-71-43-40-60(79(55-19-7-3-8-20-55)56-21-9-4-10-22-56)46-65(71)66-47-61(41-44-72(66)81)80(57-23-11-5-12-24-57)58-25-13-6-14-26-58/h3-48H. The summed E-state index contributed by atoms with van der Waals surface area (Å²) in [5, 5.41) is 12.9. The minimum atomic E-state index is 0.399. The number of nitrogens with zero attached hydrogens (tertiary/aromatic N) is 8. The molecule has 0 aliphatic carbocycles. The van der Waals surface area contributed by atoms with Crippen LogP contribution in [0.1, 0.15) is 5.56 Å². The zero-order chi connectivity index (χ0) is 54.7. The summed E-state index contributed by atoms with van der Waals surface area (Å²) in [5.41, 5.74) is 17.9. The average Bonchev–Trinajstić information content (AvgIpc) is 3.90. The zero-order valence-electron chi connectivity index (χ0n) is 43.6. The second kappa shape index (κ2) is 21.4. The molecular formula is C73H46N8. The van der Waals surface area contributed by atoms with Gasteiger partial charge >= 0.3 is 0 Å². The highest BCUT2D eigenvalue weighted by atomic mass is 15.1. The van der Waals surface area contributed by atoms with Crippen molar-refractivity contribution in [2.45, 2.75) is 0 Å². The number of hydrogen-bond donors (Lipinski definition) is 0. The third kappa shape index (κ3) is 9.36. The molecule has 2 heterocycles. The lowest BCUT2D eigenvalue weighted by Gasteiger charge is -2.26. The van der Waals surface area contributed by atoms with Crippen molar-refractivity contribution < 1.29 is 0 Å². The molecule has 0 aliphatic rings. The van der Waals surface area contributed by atoms with Gasteiger partial charge in [0.05, 0.1) is 47.2 Å². The number of anilines is 6. The van der Waals surface area contributed by atoms with E-state index in [2.05, 4.69) is 218 Å². The van der Waals surface area contributed by atoms with Gasteiger partial charge < -0.3 is 14.4 Å². The van der Waals surface area contributed by atoms with Gasteiger partial charge in [0.15, 0.2) is 11.4 Å². The summed E-state index contributed by atoms with van der Waals surface area (Å²) >= 11 is 0. The predicted molar refractivity (Wildman–Crippen MR) is 330 cm³/mol. The van der Waals surface area contributed by atoms with Gasteiger partial charge in [-0.3, -0.25) is 0 Å². The van der Waals surface area contributed by atoms with Crippen molar-refractivity contribution in [2.75, 3.05) is 9.80 Å². The fourth-order valence-electron chi connectivity index (χ4n) is 10.9. The highest BCUT2D eigenvalue weighted by Crippen LogP contribution is 2.44. The number of aromatic nitrogens is 3. The van der Waals surface area contributed by atoms with Crippen LogP contribution < -0.4 is 9.80 Å². The van der Waals surface area contributed by atoms with Gasteiger partial charge in [0.25, 0.3) is 0 Å². The summed E-state index contributed by atoms with van der Waals surface area (Å²) in [5.74, 6) is 0.399. The maximum absolute atomic E-state index is 10.7. The average molecular weight is 1040 g/mol. The fraction of sp³-hybridized carbons (Fsp3) is 0. The Morgan fingerprint density at radius 1 is 0.358 bits per heavy atom. The van der Waals surface area contributed by atoms with Crippen LogP contribution in [0, 0.1) is 24.5 Å². The van der Waals surface area contributed by atoms with Gasteiger partial charge in [-0.15, -0.1) is 0 Å². The van der Waals surface area contributed by atoms with Crippen LogP contribution in [0.2, 0.25) is 0 Å². The molecule has 0 bridgehead atoms. The van der Waals surface area contributed by atoms with E-state index in [9.17, 15) is 5.26 Å². The maximum Gasteiger partial charge on any atom is 0.198 e. The molecule has 0 unspecified atom stereocenters. The second-order valence-electron chi connectivity index (χ2n) is 19.5. The van der Waals surface area contributed by atoms with Crippen LogP contribution in [0.5, 0.6) is 0 Å². The predicted octanol–water partition coefficient (Wildman–Crippen LogP) is 19.8. The minimum Gasteiger partial charge on any atom is -0.310 e. The summed E-state index contributed by atoms with van der Waals surface area (Å²) in [6.45, 7) is 15.7. The van der Waals surface area contributed by atoms with E-state index >= 15 is 0 Å². The highest BCUT2D eigenvalue weighted by Gasteiger charge is 2.21. The van der Waals surface area contributed by atoms with E-state index in [0.717, 1.165) is 89.4 Å². The molecular weight excluding hydrogens is 989 g/mol. The smallest absolute Gasteiger partial charge is 0.198 e. The third-order valence-corrected chi connectivity index (χ3v) is 14.7. The van der Waals surface area contributed by atoms with E-state index in [4.69, 9.17) is 23.1 Å². The van der Waals surface area contributed by atoms with Crippen molar-refractivity contribution in [2.24, 2.45) is 0 Å². The molecule has 81 heavy (non-hydrogen) atoms. The first-order valence-electron chi connectivity index (χ1n) is 26.5. The molecule has 0 saturated heterocycles. The number of hydrogen-bond acceptors (Lipinski definition) is 5. The van der Waals surface area contributed by atoms with Crippen LogP contribution >= 0.6 is 0 Å². The molecule has 0 fully saturated rings. The molecule has 0 aliphatic heterocycles. The topological polar surface area (TPSA) is 69.7 Å². The summed E-state index contributed by atoms with van der Waals surface area (Å²) in [6.07, 6.45) is 0. The molecule has 0 N–H and O–H groups in total. The van der Waals surface area contributed by atoms with Crippen molar-refractivity contribution >= 4 is 67.3 Å². The largest absolute Gasteiger partial charge is 0.310 e. The molecule has 378 valence electrons. The number of fused-ring (bicyclic) bond motifs is 3. The molecule has 13 aromatic rings. The van der Waals surface area contributed by atoms with Crippen LogP contribution in [0.3, 0.4) is 0 Å². The lowest BCUT2D eigenvalue weighted by atomic mass is 9.94. The van der Waals surface area contributed by atoms with E-state index in [1.54, 1.807) is 12.1 Å². The summed E-state index contributed by atoms with van der Waals surface area (Å²) in [4.78, 5) is 22.0. The monoisotopic (exact) mass is 1030 g/mol. The molecule has 0 amide bonds. The highest BCUT2D eigenvalue weighted by molar-refractivity contribution is 6.12. The summed E-state index contributed by atoms with van der Waals surface area (Å²) in [6, 6.07) is 97.3. The van der Waals surface area contributed by atoms with Crippen molar-refractivity contribution in [1.29, 1.82) is 5.26 Å². The lowest BCUT2D eigenvalue weighted by molar-refractivity contribution is 1.18. The number of rotatable bonds is 12. The van der Waals surface area contributed by atoms with Gasteiger partial charge in [-0.25, -0.2) is 19.7 Å².